The third kappa shape index (κ3) is 4.30. The molecule has 0 aliphatic carbocycles. The lowest BCUT2D eigenvalue weighted by molar-refractivity contribution is -0.148. The van der Waals surface area contributed by atoms with E-state index in [1.807, 2.05) is 13.0 Å². The standard InChI is InChI=1S/C23H23F5N6O/c1-13-11-32(18-4-6-29-17-10-14(20(24)25)2-3-16(17)18)7-5-15(13)21(35)33-8-9-34-19(12-33)30-31-22(34)23(26,27)28/h2-4,6,10,13,15,20H,5,7-9,11-12H2,1H3/t13-,15+/m1/s1. The van der Waals surface area contributed by atoms with Crippen molar-refractivity contribution in [1.82, 2.24) is 24.6 Å². The second-order valence-electron chi connectivity index (χ2n) is 9.07. The number of anilines is 1. The first-order chi connectivity index (χ1) is 16.6. The van der Waals surface area contributed by atoms with Gasteiger partial charge in [0.1, 0.15) is 0 Å². The molecule has 0 bridgehead atoms. The monoisotopic (exact) mass is 494 g/mol. The van der Waals surface area contributed by atoms with Gasteiger partial charge < -0.3 is 14.4 Å². The molecule has 12 heteroatoms. The van der Waals surface area contributed by atoms with E-state index in [9.17, 15) is 26.7 Å². The van der Waals surface area contributed by atoms with Gasteiger partial charge in [0, 0.05) is 54.9 Å². The predicted octanol–water partition coefficient (Wildman–Crippen LogP) is 4.29. The molecule has 1 amide bonds. The highest BCUT2D eigenvalue weighted by Gasteiger charge is 2.41. The third-order valence-electron chi connectivity index (χ3n) is 6.88. The highest BCUT2D eigenvalue weighted by molar-refractivity contribution is 5.92. The second kappa shape index (κ2) is 8.72. The van der Waals surface area contributed by atoms with Gasteiger partial charge in [0.05, 0.1) is 12.1 Å². The highest BCUT2D eigenvalue weighted by atomic mass is 19.4. The quantitative estimate of drug-likeness (QED) is 0.509. The van der Waals surface area contributed by atoms with Crippen LogP contribution in [0.15, 0.2) is 30.5 Å². The number of carbonyl (C=O) groups excluding carboxylic acids is 1. The number of pyridine rings is 1. The van der Waals surface area contributed by atoms with E-state index < -0.39 is 18.4 Å². The fourth-order valence-electron chi connectivity index (χ4n) is 5.08. The molecule has 1 fully saturated rings. The Labute approximate surface area is 197 Å². The average molecular weight is 494 g/mol. The number of rotatable bonds is 3. The van der Waals surface area contributed by atoms with Gasteiger partial charge >= 0.3 is 6.18 Å². The van der Waals surface area contributed by atoms with Crippen LogP contribution < -0.4 is 4.90 Å². The molecule has 7 nitrogen and oxygen atoms in total. The van der Waals surface area contributed by atoms with Crippen molar-refractivity contribution in [2.75, 3.05) is 24.5 Å². The Morgan fingerprint density at radius 2 is 1.91 bits per heavy atom. The summed E-state index contributed by atoms with van der Waals surface area (Å²) in [5.74, 6) is -1.30. The van der Waals surface area contributed by atoms with Crippen LogP contribution in [0.1, 0.15) is 37.0 Å². The molecule has 0 unspecified atom stereocenters. The number of aromatic nitrogens is 4. The summed E-state index contributed by atoms with van der Waals surface area (Å²) < 4.78 is 66.5. The van der Waals surface area contributed by atoms with E-state index in [0.29, 0.717) is 25.0 Å². The molecule has 186 valence electrons. The molecular formula is C23H23F5N6O. The van der Waals surface area contributed by atoms with Crippen LogP contribution in [0, 0.1) is 11.8 Å². The van der Waals surface area contributed by atoms with Crippen molar-refractivity contribution in [2.24, 2.45) is 11.8 Å². The lowest BCUT2D eigenvalue weighted by Gasteiger charge is -2.40. The molecule has 0 saturated carbocycles. The molecule has 5 rings (SSSR count). The molecule has 2 atom stereocenters. The Balaban J connectivity index is 1.29. The van der Waals surface area contributed by atoms with Crippen LogP contribution in [0.5, 0.6) is 0 Å². The summed E-state index contributed by atoms with van der Waals surface area (Å²) in [5, 5.41) is 7.69. The number of fused-ring (bicyclic) bond motifs is 2. The van der Waals surface area contributed by atoms with Gasteiger partial charge in [-0.05, 0) is 24.5 Å². The van der Waals surface area contributed by atoms with Gasteiger partial charge in [-0.1, -0.05) is 19.1 Å². The molecule has 1 saturated heterocycles. The van der Waals surface area contributed by atoms with Crippen LogP contribution in [0.2, 0.25) is 0 Å². The number of alkyl halides is 5. The van der Waals surface area contributed by atoms with Crippen molar-refractivity contribution >= 4 is 22.5 Å². The number of hydrogen-bond acceptors (Lipinski definition) is 5. The van der Waals surface area contributed by atoms with Crippen LogP contribution in [0.3, 0.4) is 0 Å². The Morgan fingerprint density at radius 3 is 2.63 bits per heavy atom. The van der Waals surface area contributed by atoms with Gasteiger partial charge in [0.15, 0.2) is 5.82 Å². The minimum atomic E-state index is -4.59. The number of halogens is 5. The summed E-state index contributed by atoms with van der Waals surface area (Å²) in [4.78, 5) is 21.2. The molecule has 35 heavy (non-hydrogen) atoms. The Hall–Kier alpha value is -3.31. The molecule has 3 aromatic rings. The lowest BCUT2D eigenvalue weighted by Crippen LogP contribution is -2.49. The maximum absolute atomic E-state index is 13.3. The zero-order chi connectivity index (χ0) is 24.9. The second-order valence-corrected chi connectivity index (χ2v) is 9.07. The van der Waals surface area contributed by atoms with Crippen molar-refractivity contribution in [3.63, 3.8) is 0 Å². The molecule has 1 aromatic carbocycles. The topological polar surface area (TPSA) is 67.2 Å². The van der Waals surface area contributed by atoms with Crippen molar-refractivity contribution in [1.29, 1.82) is 0 Å². The summed E-state index contributed by atoms with van der Waals surface area (Å²) in [6.07, 6.45) is -5.00. The summed E-state index contributed by atoms with van der Waals surface area (Å²) in [6.45, 7) is 3.30. The summed E-state index contributed by atoms with van der Waals surface area (Å²) in [7, 11) is 0. The fraction of sp³-hybridized carbons (Fsp3) is 0.478. The van der Waals surface area contributed by atoms with Gasteiger partial charge in [-0.3, -0.25) is 9.78 Å². The highest BCUT2D eigenvalue weighted by Crippen LogP contribution is 2.35. The normalized spacial score (nSPS) is 21.0. The summed E-state index contributed by atoms with van der Waals surface area (Å²) >= 11 is 0. The average Bonchev–Trinajstić information content (AvgIpc) is 3.27. The van der Waals surface area contributed by atoms with Gasteiger partial charge in [0.2, 0.25) is 11.7 Å². The first kappa shape index (κ1) is 23.4. The van der Waals surface area contributed by atoms with E-state index >= 15 is 0 Å². The van der Waals surface area contributed by atoms with E-state index in [1.54, 1.807) is 17.2 Å². The van der Waals surface area contributed by atoms with Crippen LogP contribution in [0.25, 0.3) is 10.9 Å². The van der Waals surface area contributed by atoms with Crippen LogP contribution in [0.4, 0.5) is 27.6 Å². The number of hydrogen-bond donors (Lipinski definition) is 0. The number of benzene rings is 1. The molecule has 2 aromatic heterocycles. The molecule has 2 aliphatic heterocycles. The lowest BCUT2D eigenvalue weighted by atomic mass is 9.85. The zero-order valence-corrected chi connectivity index (χ0v) is 18.8. The maximum Gasteiger partial charge on any atom is 0.451 e. The van der Waals surface area contributed by atoms with Crippen molar-refractivity contribution in [3.8, 4) is 0 Å². The van der Waals surface area contributed by atoms with Crippen LogP contribution >= 0.6 is 0 Å². The maximum atomic E-state index is 13.3. The Kier molecular flexibility index (Phi) is 5.84. The van der Waals surface area contributed by atoms with E-state index in [0.717, 1.165) is 15.6 Å². The largest absolute Gasteiger partial charge is 0.451 e. The minimum Gasteiger partial charge on any atom is -0.371 e. The first-order valence-corrected chi connectivity index (χ1v) is 11.3. The Morgan fingerprint density at radius 1 is 1.11 bits per heavy atom. The Bertz CT molecular complexity index is 1260. The minimum absolute atomic E-state index is 0.000245. The van der Waals surface area contributed by atoms with E-state index in [-0.39, 0.29) is 48.8 Å². The van der Waals surface area contributed by atoms with Crippen molar-refractivity contribution < 1.29 is 26.7 Å². The third-order valence-corrected chi connectivity index (χ3v) is 6.88. The van der Waals surface area contributed by atoms with E-state index in [2.05, 4.69) is 20.1 Å². The number of amides is 1. The molecule has 0 N–H and O–H groups in total. The molecule has 4 heterocycles. The molecular weight excluding hydrogens is 471 g/mol. The smallest absolute Gasteiger partial charge is 0.371 e. The fourth-order valence-corrected chi connectivity index (χ4v) is 5.08. The van der Waals surface area contributed by atoms with Gasteiger partial charge in [0.25, 0.3) is 6.43 Å². The van der Waals surface area contributed by atoms with Crippen molar-refractivity contribution in [3.05, 3.63) is 47.7 Å². The zero-order valence-electron chi connectivity index (χ0n) is 18.8. The number of carbonyl (C=O) groups is 1. The molecule has 0 radical (unpaired) electrons. The summed E-state index contributed by atoms with van der Waals surface area (Å²) in [6, 6.07) is 6.29. The van der Waals surface area contributed by atoms with Crippen LogP contribution in [-0.4, -0.2) is 50.2 Å². The van der Waals surface area contributed by atoms with Gasteiger partial charge in [-0.15, -0.1) is 10.2 Å². The molecule has 0 spiro atoms. The SMILES string of the molecule is C[C@@H]1CN(c2ccnc3cc(C(F)F)ccc23)CC[C@@H]1C(=O)N1CCn2c(nnc2C(F)(F)F)C1. The predicted molar refractivity (Wildman–Crippen MR) is 117 cm³/mol. The number of piperidine rings is 1. The van der Waals surface area contributed by atoms with Crippen LogP contribution in [-0.2, 0) is 24.1 Å². The van der Waals surface area contributed by atoms with Crippen molar-refractivity contribution in [2.45, 2.75) is 39.0 Å². The van der Waals surface area contributed by atoms with E-state index in [1.165, 1.54) is 12.1 Å². The number of nitrogens with zero attached hydrogens (tertiary/aromatic N) is 6. The van der Waals surface area contributed by atoms with E-state index in [4.69, 9.17) is 0 Å². The first-order valence-electron chi connectivity index (χ1n) is 11.3. The van der Waals surface area contributed by atoms with Gasteiger partial charge in [-0.2, -0.15) is 13.2 Å². The van der Waals surface area contributed by atoms with Gasteiger partial charge in [-0.25, -0.2) is 8.78 Å². The summed E-state index contributed by atoms with van der Waals surface area (Å²) in [5.41, 5.74) is 1.28. The molecule has 2 aliphatic rings.